The number of hydrogen-bond acceptors (Lipinski definition) is 2. The molecule has 0 aliphatic heterocycles. The van der Waals surface area contributed by atoms with Gasteiger partial charge in [0, 0.05) is 5.56 Å². The van der Waals surface area contributed by atoms with Gasteiger partial charge in [-0.2, -0.15) is 0 Å². The fourth-order valence-electron chi connectivity index (χ4n) is 4.14. The zero-order valence-electron chi connectivity index (χ0n) is 18.0. The maximum absolute atomic E-state index is 5.89. The molecule has 0 radical (unpaired) electrons. The van der Waals surface area contributed by atoms with Crippen LogP contribution in [0.4, 0.5) is 0 Å². The third-order valence-electron chi connectivity index (χ3n) is 5.97. The fraction of sp³-hybridized carbons (Fsp3) is 0. The normalized spacial score (nSPS) is 11.0. The molecular formula is C31H21NO. The van der Waals surface area contributed by atoms with Gasteiger partial charge in [0.05, 0.1) is 0 Å². The Morgan fingerprint density at radius 3 is 1.24 bits per heavy atom. The summed E-state index contributed by atoms with van der Waals surface area (Å²) in [5.74, 6) is 0.650. The second-order valence-corrected chi connectivity index (χ2v) is 8.08. The van der Waals surface area contributed by atoms with E-state index in [4.69, 9.17) is 4.42 Å². The van der Waals surface area contributed by atoms with Crippen molar-refractivity contribution in [2.75, 3.05) is 0 Å². The van der Waals surface area contributed by atoms with Crippen molar-refractivity contribution in [3.05, 3.63) is 127 Å². The topological polar surface area (TPSA) is 26.0 Å². The van der Waals surface area contributed by atoms with Crippen molar-refractivity contribution < 1.29 is 4.42 Å². The highest BCUT2D eigenvalue weighted by Crippen LogP contribution is 2.29. The number of rotatable bonds is 4. The lowest BCUT2D eigenvalue weighted by molar-refractivity contribution is 0.620. The molecule has 1 heterocycles. The number of oxazole rings is 1. The van der Waals surface area contributed by atoms with Crippen molar-refractivity contribution in [2.45, 2.75) is 0 Å². The lowest BCUT2D eigenvalue weighted by Gasteiger charge is -2.07. The molecule has 2 nitrogen and oxygen atoms in total. The summed E-state index contributed by atoms with van der Waals surface area (Å²) in [7, 11) is 0. The summed E-state index contributed by atoms with van der Waals surface area (Å²) in [4.78, 5) is 4.59. The second-order valence-electron chi connectivity index (χ2n) is 8.08. The minimum Gasteiger partial charge on any atom is -0.436 e. The molecule has 0 unspecified atom stereocenters. The zero-order chi connectivity index (χ0) is 22.0. The van der Waals surface area contributed by atoms with Crippen molar-refractivity contribution in [3.63, 3.8) is 0 Å². The standard InChI is InChI=1S/C31H21NO/c1-2-6-22(7-3-1)23-10-12-24(13-11-23)25-14-16-26(17-15-25)27-18-20-28(21-19-27)31-32-29-8-4-5-9-30(29)33-31/h1-21H. The van der Waals surface area contributed by atoms with E-state index in [9.17, 15) is 0 Å². The zero-order valence-corrected chi connectivity index (χ0v) is 18.0. The minimum absolute atomic E-state index is 0.650. The Kier molecular flexibility index (Phi) is 4.82. The molecular weight excluding hydrogens is 402 g/mol. The lowest BCUT2D eigenvalue weighted by atomic mass is 9.98. The van der Waals surface area contributed by atoms with E-state index in [0.29, 0.717) is 5.89 Å². The van der Waals surface area contributed by atoms with Crippen LogP contribution in [0.3, 0.4) is 0 Å². The van der Waals surface area contributed by atoms with E-state index in [-0.39, 0.29) is 0 Å². The van der Waals surface area contributed by atoms with Gasteiger partial charge in [0.2, 0.25) is 5.89 Å². The first-order valence-electron chi connectivity index (χ1n) is 11.1. The molecule has 2 heteroatoms. The van der Waals surface area contributed by atoms with Gasteiger partial charge in [-0.3, -0.25) is 0 Å². The summed E-state index contributed by atoms with van der Waals surface area (Å²) in [5, 5.41) is 0. The fourth-order valence-corrected chi connectivity index (χ4v) is 4.14. The van der Waals surface area contributed by atoms with Gasteiger partial charge in [-0.15, -0.1) is 0 Å². The summed E-state index contributed by atoms with van der Waals surface area (Å²) in [6.45, 7) is 0. The van der Waals surface area contributed by atoms with Gasteiger partial charge < -0.3 is 4.42 Å². The maximum Gasteiger partial charge on any atom is 0.227 e. The summed E-state index contributed by atoms with van der Waals surface area (Å²) < 4.78 is 5.89. The number of nitrogens with zero attached hydrogens (tertiary/aromatic N) is 1. The van der Waals surface area contributed by atoms with Crippen LogP contribution in [0.2, 0.25) is 0 Å². The van der Waals surface area contributed by atoms with Gasteiger partial charge in [-0.05, 0) is 57.6 Å². The number of para-hydroxylation sites is 2. The molecule has 0 N–H and O–H groups in total. The highest BCUT2D eigenvalue weighted by atomic mass is 16.3. The van der Waals surface area contributed by atoms with Gasteiger partial charge in [-0.25, -0.2) is 4.98 Å². The van der Waals surface area contributed by atoms with Crippen molar-refractivity contribution in [2.24, 2.45) is 0 Å². The highest BCUT2D eigenvalue weighted by molar-refractivity contribution is 5.77. The van der Waals surface area contributed by atoms with Gasteiger partial charge in [-0.1, -0.05) is 103 Å². The van der Waals surface area contributed by atoms with Crippen LogP contribution in [0.1, 0.15) is 0 Å². The van der Waals surface area contributed by atoms with Crippen LogP contribution < -0.4 is 0 Å². The Hall–Kier alpha value is -4.43. The Morgan fingerprint density at radius 2 is 0.758 bits per heavy atom. The van der Waals surface area contributed by atoms with Gasteiger partial charge >= 0.3 is 0 Å². The number of aromatic nitrogens is 1. The van der Waals surface area contributed by atoms with Crippen molar-refractivity contribution >= 4 is 11.1 Å². The van der Waals surface area contributed by atoms with E-state index in [0.717, 1.165) is 16.7 Å². The van der Waals surface area contributed by atoms with Crippen molar-refractivity contribution in [1.29, 1.82) is 0 Å². The highest BCUT2D eigenvalue weighted by Gasteiger charge is 2.08. The summed E-state index contributed by atoms with van der Waals surface area (Å²) in [5.41, 5.74) is 9.91. The molecule has 0 saturated carbocycles. The first-order chi connectivity index (χ1) is 16.3. The molecule has 6 rings (SSSR count). The summed E-state index contributed by atoms with van der Waals surface area (Å²) in [6, 6.07) is 44.1. The van der Waals surface area contributed by atoms with Crippen LogP contribution in [0, 0.1) is 0 Å². The van der Waals surface area contributed by atoms with Crippen LogP contribution in [-0.4, -0.2) is 4.98 Å². The number of benzene rings is 5. The lowest BCUT2D eigenvalue weighted by Crippen LogP contribution is -1.83. The minimum atomic E-state index is 0.650. The van der Waals surface area contributed by atoms with E-state index in [2.05, 4.69) is 102 Å². The quantitative estimate of drug-likeness (QED) is 0.284. The van der Waals surface area contributed by atoms with E-state index in [1.54, 1.807) is 0 Å². The Bertz CT molecular complexity index is 1480. The molecule has 0 spiro atoms. The number of fused-ring (bicyclic) bond motifs is 1. The number of hydrogen-bond donors (Lipinski definition) is 0. The molecule has 1 aromatic heterocycles. The molecule has 0 amide bonds. The van der Waals surface area contributed by atoms with E-state index in [1.165, 1.54) is 33.4 Å². The van der Waals surface area contributed by atoms with E-state index >= 15 is 0 Å². The van der Waals surface area contributed by atoms with Crippen molar-refractivity contribution in [3.8, 4) is 44.8 Å². The Balaban J connectivity index is 1.22. The SMILES string of the molecule is c1ccc(-c2ccc(-c3ccc(-c4ccc(-c5nc6ccccc6o5)cc4)cc3)cc2)cc1. The van der Waals surface area contributed by atoms with Crippen LogP contribution in [-0.2, 0) is 0 Å². The van der Waals surface area contributed by atoms with Crippen LogP contribution in [0.25, 0.3) is 55.9 Å². The molecule has 0 aliphatic rings. The van der Waals surface area contributed by atoms with Gasteiger partial charge in [0.25, 0.3) is 0 Å². The van der Waals surface area contributed by atoms with E-state index in [1.807, 2.05) is 30.3 Å². The first-order valence-corrected chi connectivity index (χ1v) is 11.1. The van der Waals surface area contributed by atoms with E-state index < -0.39 is 0 Å². The molecule has 0 fully saturated rings. The Labute approximate surface area is 192 Å². The average Bonchev–Trinajstić information content (AvgIpc) is 3.34. The summed E-state index contributed by atoms with van der Waals surface area (Å²) in [6.07, 6.45) is 0. The summed E-state index contributed by atoms with van der Waals surface area (Å²) >= 11 is 0. The van der Waals surface area contributed by atoms with Gasteiger partial charge in [0.1, 0.15) is 5.52 Å². The average molecular weight is 424 g/mol. The molecule has 5 aromatic carbocycles. The second kappa shape index (κ2) is 8.25. The molecule has 33 heavy (non-hydrogen) atoms. The monoisotopic (exact) mass is 423 g/mol. The van der Waals surface area contributed by atoms with Crippen LogP contribution >= 0.6 is 0 Å². The molecule has 6 aromatic rings. The van der Waals surface area contributed by atoms with Gasteiger partial charge in [0.15, 0.2) is 5.58 Å². The predicted octanol–water partition coefficient (Wildman–Crippen LogP) is 8.50. The maximum atomic E-state index is 5.89. The van der Waals surface area contributed by atoms with Crippen LogP contribution in [0.15, 0.2) is 132 Å². The third kappa shape index (κ3) is 3.83. The largest absolute Gasteiger partial charge is 0.436 e. The smallest absolute Gasteiger partial charge is 0.227 e. The first kappa shape index (κ1) is 19.3. The molecule has 0 aliphatic carbocycles. The molecule has 156 valence electrons. The molecule has 0 saturated heterocycles. The predicted molar refractivity (Wildman–Crippen MR) is 136 cm³/mol. The third-order valence-corrected chi connectivity index (χ3v) is 5.97. The van der Waals surface area contributed by atoms with Crippen molar-refractivity contribution in [1.82, 2.24) is 4.98 Å². The molecule has 0 atom stereocenters. The Morgan fingerprint density at radius 1 is 0.364 bits per heavy atom. The van der Waals surface area contributed by atoms with Crippen LogP contribution in [0.5, 0.6) is 0 Å². The molecule has 0 bridgehead atoms.